The number of nitrogens with one attached hydrogen (secondary N) is 1. The van der Waals surface area contributed by atoms with Crippen molar-refractivity contribution in [3.05, 3.63) is 48.7 Å². The molecule has 2 heterocycles. The van der Waals surface area contributed by atoms with Crippen LogP contribution in [-0.2, 0) is 14.8 Å². The number of sulfonamides is 1. The van der Waals surface area contributed by atoms with E-state index < -0.39 is 15.9 Å². The Morgan fingerprint density at radius 2 is 1.96 bits per heavy atom. The Kier molecular flexibility index (Phi) is 3.74. The van der Waals surface area contributed by atoms with Crippen molar-refractivity contribution in [1.82, 2.24) is 9.78 Å². The number of aromatic nitrogens is 2. The Balaban J connectivity index is 1.42. The highest BCUT2D eigenvalue weighted by atomic mass is 32.2. The van der Waals surface area contributed by atoms with Gasteiger partial charge in [0.15, 0.2) is 0 Å². The first kappa shape index (κ1) is 17.2. The quantitative estimate of drug-likeness (QED) is 0.718. The second-order valence-corrected chi connectivity index (χ2v) is 9.26. The molecule has 1 atom stereocenters. The maximum Gasteiger partial charge on any atom is 0.265 e. The van der Waals surface area contributed by atoms with Crippen LogP contribution in [0.15, 0.2) is 53.6 Å². The van der Waals surface area contributed by atoms with Crippen LogP contribution in [0.1, 0.15) is 25.8 Å². The molecule has 0 saturated heterocycles. The summed E-state index contributed by atoms with van der Waals surface area (Å²) in [6.07, 6.45) is 3.99. The fraction of sp³-hybridized carbons (Fsp3) is 0.300. The summed E-state index contributed by atoms with van der Waals surface area (Å²) < 4.78 is 29.0. The maximum absolute atomic E-state index is 13.0. The molecule has 1 unspecified atom stereocenters. The minimum atomic E-state index is -3.75. The summed E-state index contributed by atoms with van der Waals surface area (Å²) in [5.41, 5.74) is 0.545. The molecule has 2 aliphatic rings. The minimum absolute atomic E-state index is 0.207. The minimum Gasteiger partial charge on any atom is -0.309 e. The second kappa shape index (κ2) is 6.07. The van der Waals surface area contributed by atoms with Gasteiger partial charge in [0.2, 0.25) is 5.91 Å². The molecule has 7 nitrogen and oxygen atoms in total. The van der Waals surface area contributed by atoms with E-state index >= 15 is 0 Å². The molecule has 0 spiro atoms. The zero-order chi connectivity index (χ0) is 19.5. The van der Waals surface area contributed by atoms with E-state index in [1.807, 2.05) is 16.8 Å². The maximum atomic E-state index is 13.0. The summed E-state index contributed by atoms with van der Waals surface area (Å²) in [6, 6.07) is 12.6. The molecular formula is C20H20N4O3S. The molecule has 1 aliphatic heterocycles. The molecule has 1 aromatic heterocycles. The number of nitrogens with zero attached hydrogens (tertiary/aromatic N) is 3. The van der Waals surface area contributed by atoms with Crippen molar-refractivity contribution in [2.75, 3.05) is 16.2 Å². The first-order valence-corrected chi connectivity index (χ1v) is 10.8. The summed E-state index contributed by atoms with van der Waals surface area (Å²) in [4.78, 5) is 13.0. The molecule has 1 saturated carbocycles. The lowest BCUT2D eigenvalue weighted by molar-refractivity contribution is -0.114. The highest BCUT2D eigenvalue weighted by Crippen LogP contribution is 2.42. The molecule has 1 aliphatic carbocycles. The third kappa shape index (κ3) is 2.59. The number of carbonyl (C=O) groups is 1. The second-order valence-electron chi connectivity index (χ2n) is 7.43. The van der Waals surface area contributed by atoms with E-state index in [-0.39, 0.29) is 17.5 Å². The van der Waals surface area contributed by atoms with Crippen LogP contribution in [-0.4, -0.2) is 30.7 Å². The predicted octanol–water partition coefficient (Wildman–Crippen LogP) is 3.15. The summed E-state index contributed by atoms with van der Waals surface area (Å²) in [5.74, 6) is 0.788. The predicted molar refractivity (Wildman–Crippen MR) is 107 cm³/mol. The zero-order valence-electron chi connectivity index (χ0n) is 15.4. The first-order valence-electron chi connectivity index (χ1n) is 9.34. The van der Waals surface area contributed by atoms with Gasteiger partial charge < -0.3 is 5.32 Å². The lowest BCUT2D eigenvalue weighted by Gasteiger charge is -2.19. The third-order valence-electron chi connectivity index (χ3n) is 5.60. The zero-order valence-corrected chi connectivity index (χ0v) is 16.2. The van der Waals surface area contributed by atoms with Crippen LogP contribution in [0.5, 0.6) is 0 Å². The topological polar surface area (TPSA) is 84.3 Å². The first-order chi connectivity index (χ1) is 13.5. The Morgan fingerprint density at radius 1 is 1.21 bits per heavy atom. The van der Waals surface area contributed by atoms with Crippen LogP contribution in [0.4, 0.5) is 11.5 Å². The van der Waals surface area contributed by atoms with Gasteiger partial charge in [-0.3, -0.25) is 9.10 Å². The van der Waals surface area contributed by atoms with Crippen molar-refractivity contribution < 1.29 is 13.2 Å². The van der Waals surface area contributed by atoms with Gasteiger partial charge in [0.05, 0.1) is 22.8 Å². The van der Waals surface area contributed by atoms with Crippen LogP contribution >= 0.6 is 0 Å². The van der Waals surface area contributed by atoms with E-state index in [9.17, 15) is 13.2 Å². The van der Waals surface area contributed by atoms with Gasteiger partial charge in [-0.2, -0.15) is 5.10 Å². The molecule has 2 aromatic carbocycles. The standard InChI is InChI=1S/C20H20N4O3S/c1-13(14-8-9-14)24-18(10-11-21-24)22-19(25)12-23-16-6-2-4-15-5-3-7-17(20(15)16)28(23,26)27/h2-7,10-11,13-14H,8-9,12H2,1H3,(H,22,25). The van der Waals surface area contributed by atoms with Gasteiger partial charge >= 0.3 is 0 Å². The number of carbonyl (C=O) groups excluding carboxylic acids is 1. The Bertz CT molecular complexity index is 1190. The van der Waals surface area contributed by atoms with Crippen molar-refractivity contribution >= 4 is 38.2 Å². The van der Waals surface area contributed by atoms with Crippen LogP contribution in [0, 0.1) is 5.92 Å². The lowest BCUT2D eigenvalue weighted by atomic mass is 10.1. The van der Waals surface area contributed by atoms with Crippen molar-refractivity contribution in [2.45, 2.75) is 30.7 Å². The van der Waals surface area contributed by atoms with Crippen LogP contribution < -0.4 is 9.62 Å². The molecule has 0 radical (unpaired) electrons. The number of amides is 1. The molecule has 8 heteroatoms. The van der Waals surface area contributed by atoms with Gasteiger partial charge in [-0.15, -0.1) is 0 Å². The molecule has 1 amide bonds. The summed E-state index contributed by atoms with van der Waals surface area (Å²) in [6.45, 7) is 1.81. The highest BCUT2D eigenvalue weighted by molar-refractivity contribution is 7.93. The third-order valence-corrected chi connectivity index (χ3v) is 7.40. The Hall–Kier alpha value is -2.87. The molecule has 0 bridgehead atoms. The Labute approximate surface area is 163 Å². The van der Waals surface area contributed by atoms with Crippen LogP contribution in [0.2, 0.25) is 0 Å². The summed E-state index contributed by atoms with van der Waals surface area (Å²) in [7, 11) is -3.75. The number of anilines is 2. The molecule has 28 heavy (non-hydrogen) atoms. The van der Waals surface area contributed by atoms with Gasteiger partial charge in [0.25, 0.3) is 10.0 Å². The summed E-state index contributed by atoms with van der Waals surface area (Å²) in [5, 5.41) is 8.67. The van der Waals surface area contributed by atoms with Crippen molar-refractivity contribution in [2.24, 2.45) is 5.92 Å². The molecule has 5 rings (SSSR count). The highest BCUT2D eigenvalue weighted by Gasteiger charge is 2.37. The number of hydrogen-bond donors (Lipinski definition) is 1. The van der Waals surface area contributed by atoms with E-state index in [4.69, 9.17) is 0 Å². The monoisotopic (exact) mass is 396 g/mol. The van der Waals surface area contributed by atoms with Crippen molar-refractivity contribution in [3.8, 4) is 0 Å². The molecule has 1 N–H and O–H groups in total. The van der Waals surface area contributed by atoms with E-state index in [0.717, 1.165) is 5.39 Å². The molecule has 3 aromatic rings. The van der Waals surface area contributed by atoms with Crippen molar-refractivity contribution in [1.29, 1.82) is 0 Å². The fourth-order valence-corrected chi connectivity index (χ4v) is 5.62. The van der Waals surface area contributed by atoms with Gasteiger partial charge in [-0.05, 0) is 43.2 Å². The smallest absolute Gasteiger partial charge is 0.265 e. The van der Waals surface area contributed by atoms with E-state index in [1.165, 1.54) is 17.1 Å². The largest absolute Gasteiger partial charge is 0.309 e. The molecular weight excluding hydrogens is 376 g/mol. The van der Waals surface area contributed by atoms with E-state index in [1.54, 1.807) is 36.5 Å². The van der Waals surface area contributed by atoms with Gasteiger partial charge in [-0.25, -0.2) is 13.1 Å². The number of hydrogen-bond acceptors (Lipinski definition) is 4. The van der Waals surface area contributed by atoms with Crippen molar-refractivity contribution in [3.63, 3.8) is 0 Å². The van der Waals surface area contributed by atoms with E-state index in [0.29, 0.717) is 22.8 Å². The normalized spacial score (nSPS) is 18.4. The fourth-order valence-electron chi connectivity index (χ4n) is 3.96. The number of benzene rings is 2. The average Bonchev–Trinajstić information content (AvgIpc) is 3.39. The summed E-state index contributed by atoms with van der Waals surface area (Å²) >= 11 is 0. The number of rotatable bonds is 5. The van der Waals surface area contributed by atoms with E-state index in [2.05, 4.69) is 17.3 Å². The van der Waals surface area contributed by atoms with Gasteiger partial charge in [-0.1, -0.05) is 24.3 Å². The van der Waals surface area contributed by atoms with Gasteiger partial charge in [0.1, 0.15) is 12.4 Å². The SMILES string of the molecule is CC(C1CC1)n1nccc1NC(=O)CN1c2cccc3cccc(c23)S1(=O)=O. The van der Waals surface area contributed by atoms with Crippen LogP contribution in [0.3, 0.4) is 0 Å². The van der Waals surface area contributed by atoms with Crippen LogP contribution in [0.25, 0.3) is 10.8 Å². The lowest BCUT2D eigenvalue weighted by Crippen LogP contribution is -2.36. The van der Waals surface area contributed by atoms with Gasteiger partial charge in [0, 0.05) is 11.5 Å². The Morgan fingerprint density at radius 3 is 2.71 bits per heavy atom. The average molecular weight is 396 g/mol. The molecule has 144 valence electrons. The molecule has 1 fully saturated rings.